The van der Waals surface area contributed by atoms with E-state index in [0.717, 1.165) is 24.2 Å². The van der Waals surface area contributed by atoms with E-state index >= 15 is 0 Å². The van der Waals surface area contributed by atoms with Crippen LogP contribution in [0.25, 0.3) is 0 Å². The quantitative estimate of drug-likeness (QED) is 0.790. The van der Waals surface area contributed by atoms with E-state index in [2.05, 4.69) is 10.6 Å². The van der Waals surface area contributed by atoms with Crippen molar-refractivity contribution in [1.29, 1.82) is 0 Å². The largest absolute Gasteiger partial charge is 0.497 e. The highest BCUT2D eigenvalue weighted by Gasteiger charge is 2.12. The Hall–Kier alpha value is -1.71. The number of ether oxygens (including phenoxy) is 1. The van der Waals surface area contributed by atoms with Crippen molar-refractivity contribution >= 4 is 6.03 Å². The van der Waals surface area contributed by atoms with E-state index in [-0.39, 0.29) is 6.03 Å². The minimum absolute atomic E-state index is 0.0556. The van der Waals surface area contributed by atoms with Gasteiger partial charge < -0.3 is 15.4 Å². The van der Waals surface area contributed by atoms with Crippen molar-refractivity contribution in [3.63, 3.8) is 0 Å². The van der Waals surface area contributed by atoms with Gasteiger partial charge in [0.1, 0.15) is 5.75 Å². The molecule has 0 unspecified atom stereocenters. The Kier molecular flexibility index (Phi) is 9.24. The summed E-state index contributed by atoms with van der Waals surface area (Å²) < 4.78 is 5.22. The fourth-order valence-corrected chi connectivity index (χ4v) is 3.51. The summed E-state index contributed by atoms with van der Waals surface area (Å²) in [5.74, 6) is 0.819. The molecule has 2 N–H and O–H groups in total. The summed E-state index contributed by atoms with van der Waals surface area (Å²) in [6, 6.07) is 8.06. The van der Waals surface area contributed by atoms with Gasteiger partial charge >= 0.3 is 6.03 Å². The molecule has 140 valence electrons. The highest BCUT2D eigenvalue weighted by atomic mass is 16.5. The Morgan fingerprint density at radius 2 is 1.60 bits per heavy atom. The maximum absolute atomic E-state index is 12.3. The summed E-state index contributed by atoms with van der Waals surface area (Å²) in [5, 5.41) is 6.17. The fraction of sp³-hybridized carbons (Fsp3) is 0.667. The molecule has 0 heterocycles. The lowest BCUT2D eigenvalue weighted by atomic mass is 9.98. The van der Waals surface area contributed by atoms with Gasteiger partial charge in [-0.25, -0.2) is 4.79 Å². The SMILES string of the molecule is COc1cccc(CNC(=O)NC2CCCCCCCCCCC2)c1. The smallest absolute Gasteiger partial charge is 0.315 e. The summed E-state index contributed by atoms with van der Waals surface area (Å²) in [6.07, 6.45) is 14.1. The second-order valence-corrected chi connectivity index (χ2v) is 7.13. The summed E-state index contributed by atoms with van der Waals surface area (Å²) in [7, 11) is 1.66. The third kappa shape index (κ3) is 8.28. The molecule has 0 aromatic heterocycles. The molecule has 0 radical (unpaired) electrons. The first kappa shape index (κ1) is 19.6. The number of benzene rings is 1. The summed E-state index contributed by atoms with van der Waals surface area (Å²) in [5.41, 5.74) is 1.05. The second-order valence-electron chi connectivity index (χ2n) is 7.13. The first-order valence-electron chi connectivity index (χ1n) is 9.95. The average Bonchev–Trinajstić information content (AvgIpc) is 2.62. The number of carbonyl (C=O) groups is 1. The Morgan fingerprint density at radius 3 is 2.20 bits per heavy atom. The first-order chi connectivity index (χ1) is 12.3. The molecule has 0 saturated heterocycles. The van der Waals surface area contributed by atoms with Crippen LogP contribution in [0.2, 0.25) is 0 Å². The van der Waals surface area contributed by atoms with E-state index in [4.69, 9.17) is 4.74 Å². The molecule has 2 amide bonds. The predicted molar refractivity (Wildman–Crippen MR) is 103 cm³/mol. The molecule has 1 fully saturated rings. The number of methoxy groups -OCH3 is 1. The molecule has 4 nitrogen and oxygen atoms in total. The Balaban J connectivity index is 1.75. The van der Waals surface area contributed by atoms with E-state index in [9.17, 15) is 4.79 Å². The van der Waals surface area contributed by atoms with Crippen LogP contribution in [-0.4, -0.2) is 19.2 Å². The second kappa shape index (κ2) is 11.8. The van der Waals surface area contributed by atoms with Crippen molar-refractivity contribution in [1.82, 2.24) is 10.6 Å². The van der Waals surface area contributed by atoms with E-state index in [1.165, 1.54) is 57.8 Å². The van der Waals surface area contributed by atoms with Gasteiger partial charge in [-0.15, -0.1) is 0 Å². The van der Waals surface area contributed by atoms with Gasteiger partial charge in [0.2, 0.25) is 0 Å². The molecule has 1 aromatic carbocycles. The molecule has 0 atom stereocenters. The number of urea groups is 1. The number of hydrogen-bond acceptors (Lipinski definition) is 2. The van der Waals surface area contributed by atoms with Crippen molar-refractivity contribution < 1.29 is 9.53 Å². The zero-order chi connectivity index (χ0) is 17.7. The van der Waals surface area contributed by atoms with Crippen LogP contribution < -0.4 is 15.4 Å². The zero-order valence-electron chi connectivity index (χ0n) is 15.7. The van der Waals surface area contributed by atoms with Gasteiger partial charge in [-0.05, 0) is 30.5 Å². The molecule has 1 saturated carbocycles. The molecule has 0 aliphatic heterocycles. The minimum atomic E-state index is -0.0556. The van der Waals surface area contributed by atoms with Gasteiger partial charge in [-0.3, -0.25) is 0 Å². The van der Waals surface area contributed by atoms with Gasteiger partial charge in [0.15, 0.2) is 0 Å². The lowest BCUT2D eigenvalue weighted by molar-refractivity contribution is 0.234. The van der Waals surface area contributed by atoms with Crippen LogP contribution in [0, 0.1) is 0 Å². The molecule has 1 aromatic rings. The van der Waals surface area contributed by atoms with E-state index < -0.39 is 0 Å². The van der Waals surface area contributed by atoms with Gasteiger partial charge in [0, 0.05) is 12.6 Å². The van der Waals surface area contributed by atoms with Crippen LogP contribution in [0.4, 0.5) is 4.79 Å². The molecule has 0 spiro atoms. The molecule has 0 bridgehead atoms. The van der Waals surface area contributed by atoms with E-state index in [1.807, 2.05) is 24.3 Å². The molecule has 1 aliphatic rings. The Morgan fingerprint density at radius 1 is 1.00 bits per heavy atom. The van der Waals surface area contributed by atoms with Crippen molar-refractivity contribution in [3.8, 4) is 5.75 Å². The van der Waals surface area contributed by atoms with Crippen LogP contribution in [0.1, 0.15) is 76.2 Å². The number of amides is 2. The number of carbonyl (C=O) groups excluding carboxylic acids is 1. The van der Waals surface area contributed by atoms with Crippen molar-refractivity contribution in [2.24, 2.45) is 0 Å². The van der Waals surface area contributed by atoms with Gasteiger partial charge in [0.05, 0.1) is 7.11 Å². The minimum Gasteiger partial charge on any atom is -0.497 e. The van der Waals surface area contributed by atoms with E-state index in [0.29, 0.717) is 12.6 Å². The third-order valence-electron chi connectivity index (χ3n) is 5.03. The number of nitrogens with one attached hydrogen (secondary N) is 2. The molecule has 4 heteroatoms. The number of rotatable bonds is 4. The van der Waals surface area contributed by atoms with Crippen LogP contribution in [0.15, 0.2) is 24.3 Å². The molecular weight excluding hydrogens is 312 g/mol. The predicted octanol–water partition coefficient (Wildman–Crippen LogP) is 5.17. The van der Waals surface area contributed by atoms with Crippen molar-refractivity contribution in [2.45, 2.75) is 83.2 Å². The van der Waals surface area contributed by atoms with Crippen molar-refractivity contribution in [3.05, 3.63) is 29.8 Å². The molecular formula is C21H34N2O2. The van der Waals surface area contributed by atoms with Gasteiger partial charge in [-0.2, -0.15) is 0 Å². The van der Waals surface area contributed by atoms with Crippen LogP contribution in [0.5, 0.6) is 5.75 Å². The normalized spacial score (nSPS) is 17.8. The lowest BCUT2D eigenvalue weighted by Crippen LogP contribution is -2.41. The summed E-state index contributed by atoms with van der Waals surface area (Å²) >= 11 is 0. The van der Waals surface area contributed by atoms with Gasteiger partial charge in [0.25, 0.3) is 0 Å². The van der Waals surface area contributed by atoms with E-state index in [1.54, 1.807) is 7.11 Å². The maximum atomic E-state index is 12.3. The van der Waals surface area contributed by atoms with Gasteiger partial charge in [-0.1, -0.05) is 69.9 Å². The monoisotopic (exact) mass is 346 g/mol. The molecule has 2 rings (SSSR count). The molecule has 1 aliphatic carbocycles. The highest BCUT2D eigenvalue weighted by molar-refractivity contribution is 5.74. The first-order valence-corrected chi connectivity index (χ1v) is 9.95. The molecule has 25 heavy (non-hydrogen) atoms. The Labute approximate surface area is 152 Å². The highest BCUT2D eigenvalue weighted by Crippen LogP contribution is 2.17. The maximum Gasteiger partial charge on any atom is 0.315 e. The fourth-order valence-electron chi connectivity index (χ4n) is 3.51. The van der Waals surface area contributed by atoms with Crippen molar-refractivity contribution in [2.75, 3.05) is 7.11 Å². The number of hydrogen-bond donors (Lipinski definition) is 2. The summed E-state index contributed by atoms with van der Waals surface area (Å²) in [6.45, 7) is 0.524. The summed E-state index contributed by atoms with van der Waals surface area (Å²) in [4.78, 5) is 12.3. The van der Waals surface area contributed by atoms with Crippen LogP contribution in [-0.2, 0) is 6.54 Å². The van der Waals surface area contributed by atoms with Crippen LogP contribution >= 0.6 is 0 Å². The average molecular weight is 347 g/mol. The van der Waals surface area contributed by atoms with Crippen LogP contribution in [0.3, 0.4) is 0 Å². The third-order valence-corrected chi connectivity index (χ3v) is 5.03. The lowest BCUT2D eigenvalue weighted by Gasteiger charge is -2.20. The Bertz CT molecular complexity index is 492. The standard InChI is InChI=1S/C21H34N2O2/c1-25-20-15-11-12-18(16-20)17-22-21(24)23-19-13-9-7-5-3-2-4-6-8-10-14-19/h11-12,15-16,19H,2-10,13-14,17H2,1H3,(H2,22,23,24). The topological polar surface area (TPSA) is 50.4 Å². The zero-order valence-corrected chi connectivity index (χ0v) is 15.7.